The SMILES string of the molecule is CC(=O)NC1CCN(C(=O)C(C)(C)NC(=O)c2ccc3c(C4CCCCC4)c4n(c3c2)CCOc2ccccc2-4)CC1. The Labute approximate surface area is 247 Å². The van der Waals surface area contributed by atoms with Gasteiger partial charge in [-0.2, -0.15) is 0 Å². The average Bonchev–Trinajstić information content (AvgIpc) is 3.18. The number of hydrogen-bond donors (Lipinski definition) is 2. The molecular formula is C34H42N4O4. The minimum absolute atomic E-state index is 0.0493. The molecule has 1 saturated heterocycles. The Bertz CT molecular complexity index is 1510. The Morgan fingerprint density at radius 3 is 2.40 bits per heavy atom. The molecule has 0 spiro atoms. The number of fused-ring (bicyclic) bond motifs is 5. The molecule has 3 amide bonds. The molecule has 3 aliphatic rings. The normalized spacial score (nSPS) is 18.0. The van der Waals surface area contributed by atoms with Crippen LogP contribution in [-0.2, 0) is 16.1 Å². The Morgan fingerprint density at radius 1 is 0.929 bits per heavy atom. The van der Waals surface area contributed by atoms with E-state index >= 15 is 0 Å². The number of carbonyl (C=O) groups is 3. The molecule has 2 aliphatic heterocycles. The van der Waals surface area contributed by atoms with Crippen LogP contribution in [0.4, 0.5) is 0 Å². The highest BCUT2D eigenvalue weighted by Crippen LogP contribution is 2.47. The van der Waals surface area contributed by atoms with Crippen molar-refractivity contribution < 1.29 is 19.1 Å². The lowest BCUT2D eigenvalue weighted by Crippen LogP contribution is -2.58. The van der Waals surface area contributed by atoms with Gasteiger partial charge in [0.1, 0.15) is 17.9 Å². The van der Waals surface area contributed by atoms with Gasteiger partial charge in [-0.25, -0.2) is 0 Å². The molecule has 0 unspecified atom stereocenters. The molecule has 222 valence electrons. The fourth-order valence-electron chi connectivity index (χ4n) is 7.20. The fourth-order valence-corrected chi connectivity index (χ4v) is 7.20. The summed E-state index contributed by atoms with van der Waals surface area (Å²) in [6, 6.07) is 14.4. The second-order valence-electron chi connectivity index (χ2n) is 12.7. The van der Waals surface area contributed by atoms with Crippen molar-refractivity contribution >= 4 is 28.6 Å². The largest absolute Gasteiger partial charge is 0.491 e. The lowest BCUT2D eigenvalue weighted by Gasteiger charge is -2.37. The molecule has 2 aromatic carbocycles. The highest BCUT2D eigenvalue weighted by Gasteiger charge is 2.36. The van der Waals surface area contributed by atoms with Gasteiger partial charge in [0.15, 0.2) is 0 Å². The van der Waals surface area contributed by atoms with E-state index in [1.165, 1.54) is 55.7 Å². The van der Waals surface area contributed by atoms with Crippen LogP contribution in [0.15, 0.2) is 42.5 Å². The summed E-state index contributed by atoms with van der Waals surface area (Å²) in [5.41, 5.74) is 4.24. The zero-order valence-electron chi connectivity index (χ0n) is 25.0. The molecule has 3 aromatic rings. The third-order valence-corrected chi connectivity index (χ3v) is 9.24. The van der Waals surface area contributed by atoms with Gasteiger partial charge in [0.25, 0.3) is 5.91 Å². The Kier molecular flexibility index (Phi) is 7.73. The van der Waals surface area contributed by atoms with E-state index in [0.717, 1.165) is 16.8 Å². The molecule has 1 aliphatic carbocycles. The van der Waals surface area contributed by atoms with Crippen LogP contribution in [0.25, 0.3) is 22.2 Å². The number of benzene rings is 2. The monoisotopic (exact) mass is 570 g/mol. The van der Waals surface area contributed by atoms with Crippen molar-refractivity contribution in [2.75, 3.05) is 19.7 Å². The fraction of sp³-hybridized carbons (Fsp3) is 0.500. The summed E-state index contributed by atoms with van der Waals surface area (Å²) < 4.78 is 8.52. The predicted molar refractivity (Wildman–Crippen MR) is 164 cm³/mol. The molecule has 42 heavy (non-hydrogen) atoms. The van der Waals surface area contributed by atoms with E-state index in [2.05, 4.69) is 33.4 Å². The van der Waals surface area contributed by atoms with Gasteiger partial charge in [-0.15, -0.1) is 0 Å². The van der Waals surface area contributed by atoms with E-state index in [0.29, 0.717) is 50.6 Å². The first-order chi connectivity index (χ1) is 20.2. The van der Waals surface area contributed by atoms with Gasteiger partial charge >= 0.3 is 0 Å². The highest BCUT2D eigenvalue weighted by atomic mass is 16.5. The number of amides is 3. The number of rotatable bonds is 5. The summed E-state index contributed by atoms with van der Waals surface area (Å²) in [7, 11) is 0. The number of carbonyl (C=O) groups excluding carboxylic acids is 3. The van der Waals surface area contributed by atoms with Crippen molar-refractivity contribution in [3.63, 3.8) is 0 Å². The zero-order valence-corrected chi connectivity index (χ0v) is 25.0. The van der Waals surface area contributed by atoms with Gasteiger partial charge < -0.3 is 24.8 Å². The molecule has 8 heteroatoms. The number of para-hydroxylation sites is 1. The Balaban J connectivity index is 1.29. The van der Waals surface area contributed by atoms with E-state index < -0.39 is 5.54 Å². The number of nitrogens with one attached hydrogen (secondary N) is 2. The van der Waals surface area contributed by atoms with Crippen LogP contribution >= 0.6 is 0 Å². The smallest absolute Gasteiger partial charge is 0.252 e. The average molecular weight is 571 g/mol. The van der Waals surface area contributed by atoms with E-state index in [9.17, 15) is 14.4 Å². The number of hydrogen-bond acceptors (Lipinski definition) is 4. The number of aromatic nitrogens is 1. The quantitative estimate of drug-likeness (QED) is 0.431. The van der Waals surface area contributed by atoms with Gasteiger partial charge in [0.2, 0.25) is 11.8 Å². The van der Waals surface area contributed by atoms with Crippen molar-refractivity contribution in [1.29, 1.82) is 0 Å². The van der Waals surface area contributed by atoms with Gasteiger partial charge in [0.05, 0.1) is 12.2 Å². The van der Waals surface area contributed by atoms with E-state index in [-0.39, 0.29) is 23.8 Å². The zero-order chi connectivity index (χ0) is 29.4. The van der Waals surface area contributed by atoms with Gasteiger partial charge in [-0.1, -0.05) is 37.5 Å². The standard InChI is InChI=1S/C34H42N4O4/c1-22(39)35-25-15-17-37(18-16-25)33(41)34(2,3)36-32(40)24-13-14-26-28(21-24)38-19-20-42-29-12-8-7-11-27(29)31(38)30(26)23-9-5-4-6-10-23/h7-8,11-14,21,23,25H,4-6,9-10,15-20H2,1-3H3,(H,35,39)(H,36,40). The summed E-state index contributed by atoms with van der Waals surface area (Å²) in [6.45, 7) is 7.43. The summed E-state index contributed by atoms with van der Waals surface area (Å²) in [4.78, 5) is 40.3. The summed E-state index contributed by atoms with van der Waals surface area (Å²) >= 11 is 0. The molecule has 6 rings (SSSR count). The molecule has 2 N–H and O–H groups in total. The van der Waals surface area contributed by atoms with Crippen LogP contribution in [0.1, 0.15) is 87.6 Å². The lowest BCUT2D eigenvalue weighted by molar-refractivity contribution is -0.138. The van der Waals surface area contributed by atoms with E-state index in [1.807, 2.05) is 24.3 Å². The van der Waals surface area contributed by atoms with Crippen LogP contribution in [-0.4, -0.2) is 58.5 Å². The Hall–Kier alpha value is -3.81. The van der Waals surface area contributed by atoms with Gasteiger partial charge in [-0.05, 0) is 75.3 Å². The number of likely N-dealkylation sites (tertiary alicyclic amines) is 1. The van der Waals surface area contributed by atoms with Crippen LogP contribution < -0.4 is 15.4 Å². The molecule has 1 saturated carbocycles. The minimum atomic E-state index is -1.07. The molecule has 8 nitrogen and oxygen atoms in total. The first-order valence-corrected chi connectivity index (χ1v) is 15.5. The van der Waals surface area contributed by atoms with Crippen molar-refractivity contribution in [2.24, 2.45) is 0 Å². The topological polar surface area (TPSA) is 92.7 Å². The maximum absolute atomic E-state index is 13.6. The second kappa shape index (κ2) is 11.5. The van der Waals surface area contributed by atoms with Crippen LogP contribution in [0.3, 0.4) is 0 Å². The van der Waals surface area contributed by atoms with Gasteiger partial charge in [0, 0.05) is 48.1 Å². The molecule has 0 bridgehead atoms. The third-order valence-electron chi connectivity index (χ3n) is 9.24. The number of nitrogens with zero attached hydrogens (tertiary/aromatic N) is 2. The van der Waals surface area contributed by atoms with Crippen LogP contribution in [0, 0.1) is 0 Å². The summed E-state index contributed by atoms with van der Waals surface area (Å²) in [6.07, 6.45) is 7.54. The highest BCUT2D eigenvalue weighted by molar-refractivity contribution is 6.03. The number of ether oxygens (including phenoxy) is 1. The van der Waals surface area contributed by atoms with Crippen molar-refractivity contribution in [1.82, 2.24) is 20.1 Å². The maximum Gasteiger partial charge on any atom is 0.252 e. The molecule has 0 radical (unpaired) electrons. The molecule has 2 fully saturated rings. The molecule has 3 heterocycles. The van der Waals surface area contributed by atoms with Crippen molar-refractivity contribution in [3.8, 4) is 17.0 Å². The van der Waals surface area contributed by atoms with E-state index in [1.54, 1.807) is 18.7 Å². The molecular weight excluding hydrogens is 528 g/mol. The first-order valence-electron chi connectivity index (χ1n) is 15.5. The van der Waals surface area contributed by atoms with Crippen LogP contribution in [0.5, 0.6) is 5.75 Å². The van der Waals surface area contributed by atoms with Gasteiger partial charge in [-0.3, -0.25) is 14.4 Å². The first kappa shape index (κ1) is 28.3. The number of piperidine rings is 1. The second-order valence-corrected chi connectivity index (χ2v) is 12.7. The van der Waals surface area contributed by atoms with E-state index in [4.69, 9.17) is 4.74 Å². The predicted octanol–water partition coefficient (Wildman–Crippen LogP) is 5.38. The molecule has 0 atom stereocenters. The molecule has 1 aromatic heterocycles. The van der Waals surface area contributed by atoms with Crippen molar-refractivity contribution in [3.05, 3.63) is 53.6 Å². The summed E-state index contributed by atoms with van der Waals surface area (Å²) in [5, 5.41) is 7.18. The third kappa shape index (κ3) is 5.39. The maximum atomic E-state index is 13.6. The minimum Gasteiger partial charge on any atom is -0.491 e. The lowest BCUT2D eigenvalue weighted by atomic mass is 9.81. The summed E-state index contributed by atoms with van der Waals surface area (Å²) in [5.74, 6) is 0.975. The van der Waals surface area contributed by atoms with Crippen LogP contribution in [0.2, 0.25) is 0 Å². The van der Waals surface area contributed by atoms with Crippen molar-refractivity contribution in [2.45, 2.75) is 89.8 Å². The Morgan fingerprint density at radius 2 is 1.67 bits per heavy atom.